The van der Waals surface area contributed by atoms with E-state index in [0.29, 0.717) is 17.3 Å². The molecule has 2 aromatic rings. The van der Waals surface area contributed by atoms with Crippen LogP contribution in [0.5, 0.6) is 0 Å². The van der Waals surface area contributed by atoms with E-state index in [1.54, 1.807) is 0 Å². The van der Waals surface area contributed by atoms with E-state index in [4.69, 9.17) is 4.98 Å². The Kier molecular flexibility index (Phi) is 6.22. The lowest BCUT2D eigenvalue weighted by Crippen LogP contribution is -2.35. The number of aryl methyl sites for hydroxylation is 2. The lowest BCUT2D eigenvalue weighted by atomic mass is 10.0. The van der Waals surface area contributed by atoms with E-state index in [1.807, 2.05) is 37.4 Å². The predicted molar refractivity (Wildman–Crippen MR) is 110 cm³/mol. The van der Waals surface area contributed by atoms with Crippen molar-refractivity contribution in [1.82, 2.24) is 14.9 Å². The lowest BCUT2D eigenvalue weighted by molar-refractivity contribution is 0.103. The average molecular weight is 367 g/mol. The Bertz CT molecular complexity index is 803. The van der Waals surface area contributed by atoms with Gasteiger partial charge in [0.15, 0.2) is 0 Å². The molecule has 1 fully saturated rings. The highest BCUT2D eigenvalue weighted by Crippen LogP contribution is 2.19. The van der Waals surface area contributed by atoms with Gasteiger partial charge in [0.2, 0.25) is 5.78 Å². The average Bonchev–Trinajstić information content (AvgIpc) is 2.94. The molecule has 27 heavy (non-hydrogen) atoms. The SMILES string of the molecule is CCc1cnc(C)c(C(=O)c2cccc(N3CCCN(C(C)C)CC3)n2)c1. The third-order valence-corrected chi connectivity index (χ3v) is 5.35. The minimum Gasteiger partial charge on any atom is -0.355 e. The van der Waals surface area contributed by atoms with Crippen molar-refractivity contribution in [3.8, 4) is 0 Å². The van der Waals surface area contributed by atoms with E-state index in [9.17, 15) is 4.79 Å². The van der Waals surface area contributed by atoms with Gasteiger partial charge in [0.25, 0.3) is 0 Å². The Labute approximate surface area is 162 Å². The molecule has 1 aliphatic rings. The number of carbonyl (C=O) groups excluding carboxylic acids is 1. The van der Waals surface area contributed by atoms with E-state index in [1.165, 1.54) is 0 Å². The molecular formula is C22H30N4O. The number of pyridine rings is 2. The van der Waals surface area contributed by atoms with Crippen molar-refractivity contribution in [2.45, 2.75) is 46.6 Å². The van der Waals surface area contributed by atoms with Gasteiger partial charge in [-0.1, -0.05) is 13.0 Å². The van der Waals surface area contributed by atoms with Crippen LogP contribution >= 0.6 is 0 Å². The second-order valence-corrected chi connectivity index (χ2v) is 7.51. The van der Waals surface area contributed by atoms with Crippen LogP contribution in [-0.4, -0.2) is 52.9 Å². The molecule has 1 saturated heterocycles. The summed E-state index contributed by atoms with van der Waals surface area (Å²) in [5.74, 6) is 0.847. The maximum atomic E-state index is 13.1. The molecule has 0 N–H and O–H groups in total. The second kappa shape index (κ2) is 8.61. The quantitative estimate of drug-likeness (QED) is 0.758. The molecule has 0 saturated carbocycles. The van der Waals surface area contributed by atoms with Crippen LogP contribution in [0.2, 0.25) is 0 Å². The van der Waals surface area contributed by atoms with Gasteiger partial charge in [-0.3, -0.25) is 14.7 Å². The first kappa shape index (κ1) is 19.5. The first-order chi connectivity index (χ1) is 13.0. The molecule has 0 atom stereocenters. The number of rotatable bonds is 5. The number of ketones is 1. The number of aromatic nitrogens is 2. The third kappa shape index (κ3) is 4.53. The first-order valence-corrected chi connectivity index (χ1v) is 9.96. The molecule has 0 spiro atoms. The van der Waals surface area contributed by atoms with Gasteiger partial charge >= 0.3 is 0 Å². The zero-order valence-electron chi connectivity index (χ0n) is 16.9. The summed E-state index contributed by atoms with van der Waals surface area (Å²) < 4.78 is 0. The molecule has 3 rings (SSSR count). The normalized spacial score (nSPS) is 15.8. The summed E-state index contributed by atoms with van der Waals surface area (Å²) in [5.41, 5.74) is 2.98. The van der Waals surface area contributed by atoms with Crippen LogP contribution < -0.4 is 4.90 Å². The van der Waals surface area contributed by atoms with Crippen molar-refractivity contribution in [2.24, 2.45) is 0 Å². The Morgan fingerprint density at radius 2 is 2.00 bits per heavy atom. The van der Waals surface area contributed by atoms with Gasteiger partial charge in [-0.15, -0.1) is 0 Å². The molecule has 3 heterocycles. The number of hydrogen-bond donors (Lipinski definition) is 0. The van der Waals surface area contributed by atoms with Crippen LogP contribution in [0.25, 0.3) is 0 Å². The van der Waals surface area contributed by atoms with Gasteiger partial charge in [0.05, 0.1) is 0 Å². The summed E-state index contributed by atoms with van der Waals surface area (Å²) in [6.45, 7) is 12.5. The van der Waals surface area contributed by atoms with Crippen LogP contribution in [0.1, 0.15) is 54.5 Å². The summed E-state index contributed by atoms with van der Waals surface area (Å²) >= 11 is 0. The number of carbonyl (C=O) groups is 1. The van der Waals surface area contributed by atoms with Gasteiger partial charge in [-0.2, -0.15) is 0 Å². The van der Waals surface area contributed by atoms with Crippen molar-refractivity contribution in [2.75, 3.05) is 31.1 Å². The maximum absolute atomic E-state index is 13.1. The van der Waals surface area contributed by atoms with E-state index in [0.717, 1.165) is 56.1 Å². The molecule has 5 heteroatoms. The van der Waals surface area contributed by atoms with E-state index in [-0.39, 0.29) is 5.78 Å². The minimum absolute atomic E-state index is 0.0456. The molecular weight excluding hydrogens is 336 g/mol. The standard InChI is InChI=1S/C22H30N4O/c1-5-18-14-19(17(4)23-15-18)22(27)20-8-6-9-21(24-20)26-11-7-10-25(12-13-26)16(2)3/h6,8-9,14-16H,5,7,10-13H2,1-4H3. The Morgan fingerprint density at radius 1 is 1.19 bits per heavy atom. The van der Waals surface area contributed by atoms with Gasteiger partial charge < -0.3 is 4.90 Å². The molecule has 1 aliphatic heterocycles. The Balaban J connectivity index is 1.82. The molecule has 144 valence electrons. The second-order valence-electron chi connectivity index (χ2n) is 7.51. The van der Waals surface area contributed by atoms with E-state index in [2.05, 4.69) is 35.6 Å². The Morgan fingerprint density at radius 3 is 2.74 bits per heavy atom. The van der Waals surface area contributed by atoms with Crippen molar-refractivity contribution in [3.05, 3.63) is 53.0 Å². The number of anilines is 1. The van der Waals surface area contributed by atoms with Gasteiger partial charge in [0.1, 0.15) is 11.5 Å². The predicted octanol–water partition coefficient (Wildman–Crippen LogP) is 3.50. The smallest absolute Gasteiger partial charge is 0.213 e. The van der Waals surface area contributed by atoms with Gasteiger partial charge in [-0.05, 0) is 57.4 Å². The Hall–Kier alpha value is -2.27. The van der Waals surface area contributed by atoms with Crippen LogP contribution in [0.15, 0.2) is 30.5 Å². The maximum Gasteiger partial charge on any atom is 0.213 e. The highest BCUT2D eigenvalue weighted by molar-refractivity contribution is 6.08. The zero-order valence-corrected chi connectivity index (χ0v) is 16.9. The first-order valence-electron chi connectivity index (χ1n) is 9.96. The van der Waals surface area contributed by atoms with Crippen molar-refractivity contribution in [3.63, 3.8) is 0 Å². The fraction of sp³-hybridized carbons (Fsp3) is 0.500. The molecule has 0 bridgehead atoms. The summed E-state index contributed by atoms with van der Waals surface area (Å²) in [6.07, 6.45) is 3.81. The summed E-state index contributed by atoms with van der Waals surface area (Å²) in [4.78, 5) is 26.9. The molecule has 0 unspecified atom stereocenters. The largest absolute Gasteiger partial charge is 0.355 e. The summed E-state index contributed by atoms with van der Waals surface area (Å²) in [5, 5.41) is 0. The highest BCUT2D eigenvalue weighted by Gasteiger charge is 2.20. The van der Waals surface area contributed by atoms with Crippen LogP contribution in [0.3, 0.4) is 0 Å². The molecule has 0 aromatic carbocycles. The molecule has 5 nitrogen and oxygen atoms in total. The zero-order chi connectivity index (χ0) is 19.4. The van der Waals surface area contributed by atoms with Gasteiger partial charge in [0, 0.05) is 49.7 Å². The van der Waals surface area contributed by atoms with Crippen LogP contribution in [-0.2, 0) is 6.42 Å². The van der Waals surface area contributed by atoms with Crippen molar-refractivity contribution in [1.29, 1.82) is 0 Å². The molecule has 0 aliphatic carbocycles. The molecule has 2 aromatic heterocycles. The van der Waals surface area contributed by atoms with Gasteiger partial charge in [-0.25, -0.2) is 4.98 Å². The van der Waals surface area contributed by atoms with Crippen molar-refractivity contribution >= 4 is 11.6 Å². The fourth-order valence-corrected chi connectivity index (χ4v) is 3.55. The number of nitrogens with zero attached hydrogens (tertiary/aromatic N) is 4. The monoisotopic (exact) mass is 366 g/mol. The van der Waals surface area contributed by atoms with E-state index >= 15 is 0 Å². The summed E-state index contributed by atoms with van der Waals surface area (Å²) in [6, 6.07) is 8.27. The third-order valence-electron chi connectivity index (χ3n) is 5.35. The minimum atomic E-state index is -0.0456. The van der Waals surface area contributed by atoms with Crippen molar-refractivity contribution < 1.29 is 4.79 Å². The van der Waals surface area contributed by atoms with Crippen LogP contribution in [0.4, 0.5) is 5.82 Å². The summed E-state index contributed by atoms with van der Waals surface area (Å²) in [7, 11) is 0. The van der Waals surface area contributed by atoms with Crippen LogP contribution in [0, 0.1) is 6.92 Å². The molecule has 0 amide bonds. The fourth-order valence-electron chi connectivity index (χ4n) is 3.55. The molecule has 0 radical (unpaired) electrons. The van der Waals surface area contributed by atoms with E-state index < -0.39 is 0 Å². The lowest BCUT2D eigenvalue weighted by Gasteiger charge is -2.25. The topological polar surface area (TPSA) is 49.3 Å². The highest BCUT2D eigenvalue weighted by atomic mass is 16.1. The number of hydrogen-bond acceptors (Lipinski definition) is 5.